The van der Waals surface area contributed by atoms with Crippen LogP contribution in [0.4, 0.5) is 8.78 Å². The zero-order valence-electron chi connectivity index (χ0n) is 19.8. The van der Waals surface area contributed by atoms with Crippen LogP contribution in [0.3, 0.4) is 0 Å². The van der Waals surface area contributed by atoms with Crippen molar-refractivity contribution in [2.45, 2.75) is 89.1 Å². The molecule has 1 aromatic heterocycles. The third-order valence-electron chi connectivity index (χ3n) is 7.05. The van der Waals surface area contributed by atoms with E-state index in [4.69, 9.17) is 4.43 Å². The topological polar surface area (TPSA) is 42.4 Å². The number of halogens is 3. The molecule has 0 saturated heterocycles. The third kappa shape index (κ3) is 4.79. The average molecular weight is 484 g/mol. The summed E-state index contributed by atoms with van der Waals surface area (Å²) in [5.74, 6) is -2.33. The van der Waals surface area contributed by atoms with E-state index in [-0.39, 0.29) is 24.1 Å². The highest BCUT2D eigenvalue weighted by Gasteiger charge is 2.48. The minimum absolute atomic E-state index is 0. The standard InChI is InChI=1S/C25H35F2NO2Si.ClH/c1-15(2)31(16(3)4,17(5)6)30-22-13-12-19(18-9-7-11-21(26)23(18)27)25(29)20-10-8-14-28-24(20)22;/h7-11,14-17,19,22,25,29H,12-13H2,1-6H3;1H/t19-,22+,25-;/m0./s1. The van der Waals surface area contributed by atoms with Crippen molar-refractivity contribution in [1.82, 2.24) is 4.98 Å². The maximum absolute atomic E-state index is 14.6. The molecule has 3 nitrogen and oxygen atoms in total. The normalized spacial score (nSPS) is 21.4. The van der Waals surface area contributed by atoms with Gasteiger partial charge in [-0.25, -0.2) is 8.78 Å². The Morgan fingerprint density at radius 1 is 0.938 bits per heavy atom. The number of nitrogens with zero attached hydrogens (tertiary/aromatic N) is 1. The van der Waals surface area contributed by atoms with Crippen LogP contribution >= 0.6 is 12.4 Å². The van der Waals surface area contributed by atoms with E-state index in [1.807, 2.05) is 6.07 Å². The molecule has 1 aliphatic rings. The molecule has 2 aromatic rings. The van der Waals surface area contributed by atoms with Crippen molar-refractivity contribution in [2.75, 3.05) is 0 Å². The SMILES string of the molecule is CC(C)[Si](O[C@@H]1CC[C@@H](c2cccc(F)c2F)[C@H](O)c2cccnc21)(C(C)C)C(C)C.Cl. The lowest BCUT2D eigenvalue weighted by molar-refractivity contribution is 0.135. The van der Waals surface area contributed by atoms with Crippen LogP contribution < -0.4 is 0 Å². The Bertz CT molecular complexity index is 887. The van der Waals surface area contributed by atoms with Crippen molar-refractivity contribution < 1.29 is 18.3 Å². The highest BCUT2D eigenvalue weighted by atomic mass is 35.5. The van der Waals surface area contributed by atoms with E-state index < -0.39 is 32.0 Å². The molecule has 0 bridgehead atoms. The van der Waals surface area contributed by atoms with Gasteiger partial charge < -0.3 is 9.53 Å². The van der Waals surface area contributed by atoms with Crippen molar-refractivity contribution in [1.29, 1.82) is 0 Å². The van der Waals surface area contributed by atoms with Gasteiger partial charge in [0.25, 0.3) is 0 Å². The van der Waals surface area contributed by atoms with E-state index >= 15 is 0 Å². The molecule has 178 valence electrons. The lowest BCUT2D eigenvalue weighted by Crippen LogP contribution is -2.48. The van der Waals surface area contributed by atoms with E-state index in [1.54, 1.807) is 18.3 Å². The van der Waals surface area contributed by atoms with Gasteiger partial charge in [-0.15, -0.1) is 12.4 Å². The predicted octanol–water partition coefficient (Wildman–Crippen LogP) is 7.63. The maximum Gasteiger partial charge on any atom is 0.201 e. The molecule has 1 aromatic carbocycles. The fourth-order valence-electron chi connectivity index (χ4n) is 5.69. The summed E-state index contributed by atoms with van der Waals surface area (Å²) in [6.07, 6.45) is 1.56. The van der Waals surface area contributed by atoms with E-state index in [0.29, 0.717) is 35.0 Å². The van der Waals surface area contributed by atoms with E-state index in [9.17, 15) is 13.9 Å². The van der Waals surface area contributed by atoms with Crippen LogP contribution in [-0.4, -0.2) is 18.4 Å². The molecule has 3 atom stereocenters. The van der Waals surface area contributed by atoms with Crippen molar-refractivity contribution in [3.05, 3.63) is 65.0 Å². The summed E-state index contributed by atoms with van der Waals surface area (Å²) in [5.41, 5.74) is 2.81. The van der Waals surface area contributed by atoms with Crippen molar-refractivity contribution in [3.8, 4) is 0 Å². The number of hydrogen-bond acceptors (Lipinski definition) is 3. The molecule has 32 heavy (non-hydrogen) atoms. The van der Waals surface area contributed by atoms with Gasteiger partial charge in [0.05, 0.1) is 17.9 Å². The molecule has 0 unspecified atom stereocenters. The Morgan fingerprint density at radius 3 is 2.12 bits per heavy atom. The molecular formula is C25H36ClF2NO2Si. The smallest absolute Gasteiger partial charge is 0.201 e. The maximum atomic E-state index is 14.6. The van der Waals surface area contributed by atoms with Crippen molar-refractivity contribution >= 4 is 20.7 Å². The fraction of sp³-hybridized carbons (Fsp3) is 0.560. The zero-order chi connectivity index (χ0) is 22.9. The first-order valence-electron chi connectivity index (χ1n) is 11.4. The van der Waals surface area contributed by atoms with Gasteiger partial charge in [0.2, 0.25) is 8.32 Å². The second-order valence-electron chi connectivity index (χ2n) is 9.67. The molecule has 0 amide bonds. The number of aliphatic hydroxyl groups is 1. The minimum atomic E-state index is -2.20. The summed E-state index contributed by atoms with van der Waals surface area (Å²) in [7, 11) is -2.20. The number of aliphatic hydroxyl groups excluding tert-OH is 1. The summed E-state index contributed by atoms with van der Waals surface area (Å²) >= 11 is 0. The van der Waals surface area contributed by atoms with Crippen LogP contribution in [0, 0.1) is 11.6 Å². The van der Waals surface area contributed by atoms with Gasteiger partial charge in [0.15, 0.2) is 11.6 Å². The van der Waals surface area contributed by atoms with Crippen molar-refractivity contribution in [2.24, 2.45) is 0 Å². The van der Waals surface area contributed by atoms with Gasteiger partial charge >= 0.3 is 0 Å². The molecular weight excluding hydrogens is 448 g/mol. The lowest BCUT2D eigenvalue weighted by atomic mass is 9.87. The predicted molar refractivity (Wildman–Crippen MR) is 130 cm³/mol. The molecule has 0 radical (unpaired) electrons. The molecule has 0 saturated carbocycles. The second kappa shape index (κ2) is 10.7. The first kappa shape index (κ1) is 26.9. The van der Waals surface area contributed by atoms with Gasteiger partial charge in [-0.2, -0.15) is 0 Å². The quantitative estimate of drug-likeness (QED) is 0.339. The largest absolute Gasteiger partial charge is 0.408 e. The van der Waals surface area contributed by atoms with Crippen LogP contribution in [0.15, 0.2) is 36.5 Å². The Morgan fingerprint density at radius 2 is 1.53 bits per heavy atom. The zero-order valence-corrected chi connectivity index (χ0v) is 21.6. The summed E-state index contributed by atoms with van der Waals surface area (Å²) in [6, 6.07) is 7.79. The van der Waals surface area contributed by atoms with Gasteiger partial charge in [0.1, 0.15) is 0 Å². The van der Waals surface area contributed by atoms with E-state index in [2.05, 4.69) is 46.5 Å². The molecule has 0 spiro atoms. The molecule has 7 heteroatoms. The first-order chi connectivity index (χ1) is 14.6. The van der Waals surface area contributed by atoms with Gasteiger partial charge in [-0.3, -0.25) is 4.98 Å². The minimum Gasteiger partial charge on any atom is -0.408 e. The fourth-order valence-corrected chi connectivity index (χ4v) is 11.2. The number of pyridine rings is 1. The average Bonchev–Trinajstić information content (AvgIpc) is 2.84. The molecule has 0 aliphatic heterocycles. The Labute approximate surface area is 198 Å². The number of rotatable bonds is 6. The van der Waals surface area contributed by atoms with Gasteiger partial charge in [0, 0.05) is 17.7 Å². The molecule has 1 heterocycles. The number of fused-ring (bicyclic) bond motifs is 1. The van der Waals surface area contributed by atoms with E-state index in [1.165, 1.54) is 6.07 Å². The summed E-state index contributed by atoms with van der Waals surface area (Å²) < 4.78 is 35.6. The number of hydrogen-bond donors (Lipinski definition) is 1. The molecule has 3 rings (SSSR count). The highest BCUT2D eigenvalue weighted by Crippen LogP contribution is 2.49. The Balaban J connectivity index is 0.00000363. The van der Waals surface area contributed by atoms with Gasteiger partial charge in [-0.1, -0.05) is 59.7 Å². The van der Waals surface area contributed by atoms with Crippen LogP contribution in [-0.2, 0) is 4.43 Å². The van der Waals surface area contributed by atoms with Gasteiger partial charge in [-0.05, 0) is 47.2 Å². The van der Waals surface area contributed by atoms with E-state index in [0.717, 1.165) is 11.8 Å². The highest BCUT2D eigenvalue weighted by molar-refractivity contribution is 6.77. The van der Waals surface area contributed by atoms with Crippen molar-refractivity contribution in [3.63, 3.8) is 0 Å². The lowest BCUT2D eigenvalue weighted by Gasteiger charge is -2.44. The third-order valence-corrected chi connectivity index (χ3v) is 13.2. The summed E-state index contributed by atoms with van der Waals surface area (Å²) in [4.78, 5) is 4.61. The van der Waals surface area contributed by atoms with Crippen LogP contribution in [0.5, 0.6) is 0 Å². The number of aromatic nitrogens is 1. The summed E-state index contributed by atoms with van der Waals surface area (Å²) in [5, 5.41) is 11.2. The Hall–Kier alpha value is -1.34. The second-order valence-corrected chi connectivity index (χ2v) is 15.1. The summed E-state index contributed by atoms with van der Waals surface area (Å²) in [6.45, 7) is 13.4. The van der Waals surface area contributed by atoms with Crippen LogP contribution in [0.25, 0.3) is 0 Å². The Kier molecular flexibility index (Phi) is 9.02. The molecule has 0 fully saturated rings. The monoisotopic (exact) mass is 483 g/mol. The molecule has 1 aliphatic carbocycles. The van der Waals surface area contributed by atoms with Crippen LogP contribution in [0.2, 0.25) is 16.6 Å². The van der Waals surface area contributed by atoms with Crippen LogP contribution in [0.1, 0.15) is 89.3 Å². The number of benzene rings is 1. The first-order valence-corrected chi connectivity index (χ1v) is 13.5. The molecule has 1 N–H and O–H groups in total.